The van der Waals surface area contributed by atoms with Gasteiger partial charge in [0.2, 0.25) is 11.8 Å². The molecular formula is C21H27N3O3. The maximum absolute atomic E-state index is 12.1. The van der Waals surface area contributed by atoms with E-state index in [9.17, 15) is 9.59 Å². The van der Waals surface area contributed by atoms with E-state index in [0.717, 1.165) is 17.9 Å². The Morgan fingerprint density at radius 3 is 2.26 bits per heavy atom. The minimum atomic E-state index is -0.159. The summed E-state index contributed by atoms with van der Waals surface area (Å²) in [6.07, 6.45) is 1.52. The SMILES string of the molecule is CCC(=O)Nc1cccc(NCC(=O)Nc2ccc(OC(C)CC)cc2)c1. The number of nitrogens with one attached hydrogen (secondary N) is 3. The van der Waals surface area contributed by atoms with E-state index in [1.165, 1.54) is 0 Å². The van der Waals surface area contributed by atoms with Crippen LogP contribution in [0.5, 0.6) is 5.75 Å². The van der Waals surface area contributed by atoms with E-state index in [1.54, 1.807) is 13.0 Å². The predicted molar refractivity (Wildman–Crippen MR) is 109 cm³/mol. The maximum Gasteiger partial charge on any atom is 0.243 e. The molecule has 0 aliphatic rings. The van der Waals surface area contributed by atoms with Crippen LogP contribution in [0.15, 0.2) is 48.5 Å². The van der Waals surface area contributed by atoms with Crippen LogP contribution in [0.4, 0.5) is 17.1 Å². The Kier molecular flexibility index (Phi) is 7.67. The molecule has 1 unspecified atom stereocenters. The summed E-state index contributed by atoms with van der Waals surface area (Å²) in [6, 6.07) is 14.6. The Labute approximate surface area is 160 Å². The van der Waals surface area contributed by atoms with Gasteiger partial charge in [-0.1, -0.05) is 19.9 Å². The Morgan fingerprint density at radius 2 is 1.59 bits per heavy atom. The third-order valence-electron chi connectivity index (χ3n) is 3.97. The van der Waals surface area contributed by atoms with E-state index in [2.05, 4.69) is 22.9 Å². The van der Waals surface area contributed by atoms with Gasteiger partial charge >= 0.3 is 0 Å². The lowest BCUT2D eigenvalue weighted by atomic mass is 10.2. The lowest BCUT2D eigenvalue weighted by Gasteiger charge is -2.13. The quantitative estimate of drug-likeness (QED) is 0.617. The molecule has 0 aromatic heterocycles. The predicted octanol–water partition coefficient (Wildman–Crippen LogP) is 4.26. The first-order valence-corrected chi connectivity index (χ1v) is 9.20. The molecule has 0 bridgehead atoms. The van der Waals surface area contributed by atoms with Crippen molar-refractivity contribution in [3.8, 4) is 5.75 Å². The lowest BCUT2D eigenvalue weighted by molar-refractivity contribution is -0.116. The summed E-state index contributed by atoms with van der Waals surface area (Å²) in [5.41, 5.74) is 2.17. The number of hydrogen-bond donors (Lipinski definition) is 3. The Hall–Kier alpha value is -3.02. The number of ether oxygens (including phenoxy) is 1. The van der Waals surface area contributed by atoms with E-state index in [1.807, 2.05) is 49.4 Å². The van der Waals surface area contributed by atoms with Crippen LogP contribution in [0.3, 0.4) is 0 Å². The second-order valence-electron chi connectivity index (χ2n) is 6.25. The molecule has 2 aromatic carbocycles. The van der Waals surface area contributed by atoms with E-state index in [0.29, 0.717) is 17.8 Å². The van der Waals surface area contributed by atoms with Crippen LogP contribution in [0.2, 0.25) is 0 Å². The molecule has 1 atom stereocenters. The van der Waals surface area contributed by atoms with Gasteiger partial charge < -0.3 is 20.7 Å². The summed E-state index contributed by atoms with van der Waals surface area (Å²) >= 11 is 0. The summed E-state index contributed by atoms with van der Waals surface area (Å²) in [7, 11) is 0. The van der Waals surface area contributed by atoms with E-state index in [-0.39, 0.29) is 24.5 Å². The van der Waals surface area contributed by atoms with E-state index in [4.69, 9.17) is 4.74 Å². The Morgan fingerprint density at radius 1 is 0.926 bits per heavy atom. The molecule has 6 heteroatoms. The monoisotopic (exact) mass is 369 g/mol. The second-order valence-corrected chi connectivity index (χ2v) is 6.25. The zero-order valence-corrected chi connectivity index (χ0v) is 16.0. The van der Waals surface area contributed by atoms with Gasteiger partial charge in [0, 0.05) is 23.5 Å². The highest BCUT2D eigenvalue weighted by atomic mass is 16.5. The molecule has 3 N–H and O–H groups in total. The number of amides is 2. The van der Waals surface area contributed by atoms with Crippen LogP contribution < -0.4 is 20.7 Å². The van der Waals surface area contributed by atoms with Gasteiger partial charge in [-0.05, 0) is 55.8 Å². The van der Waals surface area contributed by atoms with Crippen molar-refractivity contribution in [3.05, 3.63) is 48.5 Å². The third kappa shape index (κ3) is 7.01. The molecule has 0 saturated heterocycles. The van der Waals surface area contributed by atoms with Gasteiger partial charge in [0.25, 0.3) is 0 Å². The van der Waals surface area contributed by atoms with Crippen LogP contribution in [0, 0.1) is 0 Å². The number of carbonyl (C=O) groups is 2. The topological polar surface area (TPSA) is 79.5 Å². The fourth-order valence-corrected chi connectivity index (χ4v) is 2.28. The van der Waals surface area contributed by atoms with Gasteiger partial charge in [-0.25, -0.2) is 0 Å². The average molecular weight is 369 g/mol. The largest absolute Gasteiger partial charge is 0.491 e. The first kappa shape index (κ1) is 20.3. The molecule has 2 aromatic rings. The van der Waals surface area contributed by atoms with Crippen molar-refractivity contribution in [2.75, 3.05) is 22.5 Å². The Bertz CT molecular complexity index is 760. The highest BCUT2D eigenvalue weighted by molar-refractivity contribution is 5.94. The van der Waals surface area contributed by atoms with Crippen molar-refractivity contribution in [2.24, 2.45) is 0 Å². The van der Waals surface area contributed by atoms with Crippen LogP contribution in [-0.4, -0.2) is 24.5 Å². The normalized spacial score (nSPS) is 11.4. The van der Waals surface area contributed by atoms with Gasteiger partial charge in [-0.15, -0.1) is 0 Å². The standard InChI is InChI=1S/C21H27N3O3/c1-4-15(3)27-19-11-9-16(10-12-19)23-21(26)14-22-17-7-6-8-18(13-17)24-20(25)5-2/h6-13,15,22H,4-5,14H2,1-3H3,(H,23,26)(H,24,25). The van der Waals surface area contributed by atoms with Gasteiger partial charge in [-0.2, -0.15) is 0 Å². The molecule has 27 heavy (non-hydrogen) atoms. The lowest BCUT2D eigenvalue weighted by Crippen LogP contribution is -2.21. The molecular weight excluding hydrogens is 342 g/mol. The molecule has 0 spiro atoms. The fraction of sp³-hybridized carbons (Fsp3) is 0.333. The number of anilines is 3. The zero-order chi connectivity index (χ0) is 19.6. The molecule has 144 valence electrons. The van der Waals surface area contributed by atoms with Gasteiger partial charge in [0.15, 0.2) is 0 Å². The highest BCUT2D eigenvalue weighted by Gasteiger charge is 2.05. The van der Waals surface area contributed by atoms with Crippen molar-refractivity contribution < 1.29 is 14.3 Å². The first-order valence-electron chi connectivity index (χ1n) is 9.20. The second kappa shape index (κ2) is 10.2. The summed E-state index contributed by atoms with van der Waals surface area (Å²) in [6.45, 7) is 6.00. The van der Waals surface area contributed by atoms with Crippen LogP contribution >= 0.6 is 0 Å². The smallest absolute Gasteiger partial charge is 0.243 e. The van der Waals surface area contributed by atoms with Crippen molar-refractivity contribution in [1.82, 2.24) is 0 Å². The molecule has 0 saturated carbocycles. The zero-order valence-electron chi connectivity index (χ0n) is 16.0. The van der Waals surface area contributed by atoms with Gasteiger partial charge in [0.05, 0.1) is 12.6 Å². The minimum absolute atomic E-state index is 0.0503. The molecule has 0 heterocycles. The van der Waals surface area contributed by atoms with Gasteiger partial charge in [0.1, 0.15) is 5.75 Å². The Balaban J connectivity index is 1.84. The van der Waals surface area contributed by atoms with Crippen LogP contribution in [-0.2, 0) is 9.59 Å². The number of benzene rings is 2. The van der Waals surface area contributed by atoms with Gasteiger partial charge in [-0.3, -0.25) is 9.59 Å². The summed E-state index contributed by atoms with van der Waals surface area (Å²) in [4.78, 5) is 23.6. The van der Waals surface area contributed by atoms with Crippen LogP contribution in [0.25, 0.3) is 0 Å². The number of carbonyl (C=O) groups excluding carboxylic acids is 2. The molecule has 6 nitrogen and oxygen atoms in total. The molecule has 0 aliphatic carbocycles. The number of rotatable bonds is 9. The van der Waals surface area contributed by atoms with E-state index >= 15 is 0 Å². The summed E-state index contributed by atoms with van der Waals surface area (Å²) in [5.74, 6) is 0.575. The number of hydrogen-bond acceptors (Lipinski definition) is 4. The van der Waals surface area contributed by atoms with Crippen molar-refractivity contribution in [3.63, 3.8) is 0 Å². The van der Waals surface area contributed by atoms with Crippen molar-refractivity contribution in [1.29, 1.82) is 0 Å². The molecule has 2 rings (SSSR count). The first-order chi connectivity index (χ1) is 13.0. The summed E-state index contributed by atoms with van der Waals surface area (Å²) in [5, 5.41) is 8.68. The van der Waals surface area contributed by atoms with E-state index < -0.39 is 0 Å². The summed E-state index contributed by atoms with van der Waals surface area (Å²) < 4.78 is 5.72. The maximum atomic E-state index is 12.1. The third-order valence-corrected chi connectivity index (χ3v) is 3.97. The van der Waals surface area contributed by atoms with Crippen LogP contribution in [0.1, 0.15) is 33.6 Å². The fourth-order valence-electron chi connectivity index (χ4n) is 2.28. The van der Waals surface area contributed by atoms with Crippen molar-refractivity contribution in [2.45, 2.75) is 39.7 Å². The molecule has 2 amide bonds. The highest BCUT2D eigenvalue weighted by Crippen LogP contribution is 2.18. The average Bonchev–Trinajstić information content (AvgIpc) is 2.68. The molecule has 0 fully saturated rings. The minimum Gasteiger partial charge on any atom is -0.491 e. The molecule has 0 radical (unpaired) electrons. The van der Waals surface area contributed by atoms with Crippen molar-refractivity contribution >= 4 is 28.9 Å². The molecule has 0 aliphatic heterocycles.